The van der Waals surface area contributed by atoms with E-state index in [4.69, 9.17) is 0 Å². The van der Waals surface area contributed by atoms with Gasteiger partial charge < -0.3 is 10.4 Å². The third kappa shape index (κ3) is 41.2. The highest BCUT2D eigenvalue weighted by Crippen LogP contribution is 2.15. The normalized spacial score (nSPS) is 12.4. The Hall–Kier alpha value is -1.42. The Kier molecular flexibility index (Phi) is 41.8. The number of aliphatic hydroxyl groups is 1. The van der Waals surface area contributed by atoms with Crippen LogP contribution in [-0.4, -0.2) is 29.4 Å². The molecule has 0 spiro atoms. The molecule has 0 saturated heterocycles. The van der Waals surface area contributed by atoms with Gasteiger partial charge in [-0.25, -0.2) is 0 Å². The molecule has 0 aliphatic heterocycles. The number of carbonyl (C=O) groups is 2. The van der Waals surface area contributed by atoms with Gasteiger partial charge in [0.25, 0.3) is 0 Å². The fourth-order valence-electron chi connectivity index (χ4n) is 7.02. The standard InChI is InChI=1S/C47H89NO3/c1-3-5-7-9-11-13-15-17-19-21-23-25-29-33-37-41-46(50)42-38-34-30-26-27-31-35-39-43-47(51)48-45(44-49)40-36-32-28-24-22-20-18-16-14-12-10-8-6-4-2/h11,13,17,19,45,49H,3-10,12,14-16,18,20-44H2,1-2H3,(H,48,51)/b13-11-,19-17-. The summed E-state index contributed by atoms with van der Waals surface area (Å²) in [4.78, 5) is 24.6. The summed E-state index contributed by atoms with van der Waals surface area (Å²) in [5.41, 5.74) is 0. The molecule has 0 bridgehead atoms. The highest BCUT2D eigenvalue weighted by Gasteiger charge is 2.11. The van der Waals surface area contributed by atoms with Gasteiger partial charge in [-0.3, -0.25) is 9.59 Å². The molecule has 300 valence electrons. The summed E-state index contributed by atoms with van der Waals surface area (Å²) in [6.45, 7) is 4.58. The van der Waals surface area contributed by atoms with Gasteiger partial charge in [0, 0.05) is 19.3 Å². The summed E-state index contributed by atoms with van der Waals surface area (Å²) in [6, 6.07) is -0.0815. The van der Waals surface area contributed by atoms with Crippen molar-refractivity contribution in [1.29, 1.82) is 0 Å². The molecule has 0 aromatic carbocycles. The number of nitrogens with one attached hydrogen (secondary N) is 1. The number of allylic oxidation sites excluding steroid dienone is 4. The van der Waals surface area contributed by atoms with E-state index in [-0.39, 0.29) is 18.6 Å². The molecule has 0 fully saturated rings. The number of carbonyl (C=O) groups excluding carboxylic acids is 2. The first-order chi connectivity index (χ1) is 25.1. The van der Waals surface area contributed by atoms with Crippen LogP contribution in [0.1, 0.15) is 251 Å². The number of amides is 1. The number of hydrogen-bond acceptors (Lipinski definition) is 3. The molecule has 51 heavy (non-hydrogen) atoms. The molecule has 0 aromatic heterocycles. The fourth-order valence-corrected chi connectivity index (χ4v) is 7.02. The van der Waals surface area contributed by atoms with Crippen molar-refractivity contribution in [2.45, 2.75) is 257 Å². The molecule has 0 heterocycles. The summed E-state index contributed by atoms with van der Waals surface area (Å²) in [6.07, 6.45) is 53.7. The SMILES string of the molecule is CCCCC/C=C\C/C=C\CCCCCCCC(=O)CCCCCCCCCCC(=O)NC(CO)CCCCCCCCCCCCCCCC. The Balaban J connectivity index is 3.45. The van der Waals surface area contributed by atoms with Crippen LogP contribution in [0.3, 0.4) is 0 Å². The van der Waals surface area contributed by atoms with E-state index in [0.29, 0.717) is 12.2 Å². The maximum atomic E-state index is 12.4. The first-order valence-corrected chi connectivity index (χ1v) is 22.9. The van der Waals surface area contributed by atoms with Crippen LogP contribution in [0.4, 0.5) is 0 Å². The zero-order valence-electron chi connectivity index (χ0n) is 34.5. The minimum atomic E-state index is -0.0815. The molecule has 0 aliphatic carbocycles. The zero-order valence-corrected chi connectivity index (χ0v) is 34.5. The molecule has 0 saturated carbocycles. The van der Waals surface area contributed by atoms with Gasteiger partial charge in [0.05, 0.1) is 12.6 Å². The summed E-state index contributed by atoms with van der Waals surface area (Å²) < 4.78 is 0. The largest absolute Gasteiger partial charge is 0.394 e. The van der Waals surface area contributed by atoms with Crippen LogP contribution in [0, 0.1) is 0 Å². The Morgan fingerprint density at radius 1 is 0.451 bits per heavy atom. The van der Waals surface area contributed by atoms with Gasteiger partial charge in [0.1, 0.15) is 5.78 Å². The minimum Gasteiger partial charge on any atom is -0.394 e. The van der Waals surface area contributed by atoms with Crippen LogP contribution >= 0.6 is 0 Å². The number of unbranched alkanes of at least 4 members (excludes halogenated alkanes) is 28. The molecule has 1 unspecified atom stereocenters. The number of rotatable bonds is 42. The van der Waals surface area contributed by atoms with Crippen molar-refractivity contribution in [2.24, 2.45) is 0 Å². The molecule has 4 nitrogen and oxygen atoms in total. The van der Waals surface area contributed by atoms with Crippen molar-refractivity contribution in [1.82, 2.24) is 5.32 Å². The third-order valence-corrected chi connectivity index (χ3v) is 10.5. The lowest BCUT2D eigenvalue weighted by Crippen LogP contribution is -2.37. The first kappa shape index (κ1) is 49.6. The van der Waals surface area contributed by atoms with Crippen molar-refractivity contribution < 1.29 is 14.7 Å². The fraction of sp³-hybridized carbons (Fsp3) is 0.872. The highest BCUT2D eigenvalue weighted by atomic mass is 16.3. The van der Waals surface area contributed by atoms with E-state index in [2.05, 4.69) is 43.5 Å². The van der Waals surface area contributed by atoms with Gasteiger partial charge in [0.15, 0.2) is 0 Å². The second kappa shape index (κ2) is 43.0. The smallest absolute Gasteiger partial charge is 0.220 e. The first-order valence-electron chi connectivity index (χ1n) is 22.9. The van der Waals surface area contributed by atoms with E-state index in [0.717, 1.165) is 64.2 Å². The lowest BCUT2D eigenvalue weighted by Gasteiger charge is -2.16. The van der Waals surface area contributed by atoms with Crippen molar-refractivity contribution >= 4 is 11.7 Å². The van der Waals surface area contributed by atoms with Crippen molar-refractivity contribution in [3.8, 4) is 0 Å². The molecule has 0 aliphatic rings. The van der Waals surface area contributed by atoms with Crippen LogP contribution in [0.25, 0.3) is 0 Å². The van der Waals surface area contributed by atoms with Gasteiger partial charge in [0.2, 0.25) is 5.91 Å². The van der Waals surface area contributed by atoms with E-state index >= 15 is 0 Å². The third-order valence-electron chi connectivity index (χ3n) is 10.5. The van der Waals surface area contributed by atoms with E-state index in [1.165, 1.54) is 167 Å². The van der Waals surface area contributed by atoms with Crippen LogP contribution < -0.4 is 5.32 Å². The van der Waals surface area contributed by atoms with Gasteiger partial charge >= 0.3 is 0 Å². The Bertz CT molecular complexity index is 775. The summed E-state index contributed by atoms with van der Waals surface area (Å²) in [7, 11) is 0. The van der Waals surface area contributed by atoms with Crippen LogP contribution in [-0.2, 0) is 9.59 Å². The monoisotopic (exact) mass is 716 g/mol. The number of hydrogen-bond donors (Lipinski definition) is 2. The topological polar surface area (TPSA) is 66.4 Å². The van der Waals surface area contributed by atoms with Crippen LogP contribution in [0.2, 0.25) is 0 Å². The second-order valence-electron chi connectivity index (χ2n) is 15.7. The predicted octanol–water partition coefficient (Wildman–Crippen LogP) is 14.6. The quantitative estimate of drug-likeness (QED) is 0.0488. The summed E-state index contributed by atoms with van der Waals surface area (Å²) >= 11 is 0. The molecular formula is C47H89NO3. The van der Waals surface area contributed by atoms with Gasteiger partial charge in [-0.15, -0.1) is 0 Å². The maximum absolute atomic E-state index is 12.4. The van der Waals surface area contributed by atoms with Gasteiger partial charge in [-0.1, -0.05) is 199 Å². The van der Waals surface area contributed by atoms with E-state index < -0.39 is 0 Å². The van der Waals surface area contributed by atoms with Gasteiger partial charge in [-0.05, 0) is 57.8 Å². The van der Waals surface area contributed by atoms with Crippen molar-refractivity contribution in [3.05, 3.63) is 24.3 Å². The average Bonchev–Trinajstić information content (AvgIpc) is 3.13. The van der Waals surface area contributed by atoms with E-state index in [1.807, 2.05) is 0 Å². The Morgan fingerprint density at radius 2 is 0.804 bits per heavy atom. The summed E-state index contributed by atoms with van der Waals surface area (Å²) in [5.74, 6) is 0.561. The molecule has 1 amide bonds. The second-order valence-corrected chi connectivity index (χ2v) is 15.7. The van der Waals surface area contributed by atoms with Crippen molar-refractivity contribution in [2.75, 3.05) is 6.61 Å². The molecule has 0 rings (SSSR count). The Labute approximate surface area is 319 Å². The van der Waals surface area contributed by atoms with Crippen LogP contribution in [0.5, 0.6) is 0 Å². The maximum Gasteiger partial charge on any atom is 0.220 e. The lowest BCUT2D eigenvalue weighted by molar-refractivity contribution is -0.122. The van der Waals surface area contributed by atoms with Crippen molar-refractivity contribution in [3.63, 3.8) is 0 Å². The molecule has 1 atom stereocenters. The number of aliphatic hydroxyl groups excluding tert-OH is 1. The highest BCUT2D eigenvalue weighted by molar-refractivity contribution is 5.78. The van der Waals surface area contributed by atoms with E-state index in [1.54, 1.807) is 0 Å². The predicted molar refractivity (Wildman–Crippen MR) is 224 cm³/mol. The number of ketones is 1. The van der Waals surface area contributed by atoms with E-state index in [9.17, 15) is 14.7 Å². The summed E-state index contributed by atoms with van der Waals surface area (Å²) in [5, 5.41) is 12.8. The Morgan fingerprint density at radius 3 is 1.25 bits per heavy atom. The number of Topliss-reactive ketones (excluding diaryl/α,β-unsaturated/α-hetero) is 1. The molecular weight excluding hydrogens is 627 g/mol. The molecule has 0 radical (unpaired) electrons. The molecule has 0 aromatic rings. The molecule has 4 heteroatoms. The van der Waals surface area contributed by atoms with Crippen LogP contribution in [0.15, 0.2) is 24.3 Å². The zero-order chi connectivity index (χ0) is 37.1. The minimum absolute atomic E-state index is 0.0476. The lowest BCUT2D eigenvalue weighted by atomic mass is 10.0. The molecule has 2 N–H and O–H groups in total. The average molecular weight is 716 g/mol. The van der Waals surface area contributed by atoms with Gasteiger partial charge in [-0.2, -0.15) is 0 Å².